The van der Waals surface area contributed by atoms with E-state index in [9.17, 15) is 4.79 Å². The molecule has 29 heavy (non-hydrogen) atoms. The fourth-order valence-electron chi connectivity index (χ4n) is 3.72. The van der Waals surface area contributed by atoms with Crippen LogP contribution in [0.1, 0.15) is 25.7 Å². The Bertz CT molecular complexity index is 579. The zero-order chi connectivity index (χ0) is 21.6. The second kappa shape index (κ2) is 12.4. The van der Waals surface area contributed by atoms with Crippen LogP contribution in [-0.2, 0) is 19.0 Å². The van der Waals surface area contributed by atoms with E-state index in [1.54, 1.807) is 7.11 Å². The van der Waals surface area contributed by atoms with Gasteiger partial charge in [-0.2, -0.15) is 4.79 Å². The molecule has 11 heteroatoms. The van der Waals surface area contributed by atoms with E-state index in [1.807, 2.05) is 0 Å². The third kappa shape index (κ3) is 6.68. The van der Waals surface area contributed by atoms with Gasteiger partial charge in [-0.05, 0) is 25.7 Å². The van der Waals surface area contributed by atoms with Crippen molar-refractivity contribution in [3.63, 3.8) is 0 Å². The zero-order valence-corrected chi connectivity index (χ0v) is 19.7. The molecule has 0 saturated heterocycles. The van der Waals surface area contributed by atoms with Crippen LogP contribution in [0.25, 0.3) is 5.53 Å². The number of rotatable bonds is 9. The Labute approximate surface area is 196 Å². The van der Waals surface area contributed by atoms with Crippen molar-refractivity contribution in [3.05, 3.63) is 5.53 Å². The summed E-state index contributed by atoms with van der Waals surface area (Å²) in [5.74, 6) is -0.418. The molecule has 0 heterocycles. The molecule has 0 aromatic heterocycles. The van der Waals surface area contributed by atoms with Gasteiger partial charge in [0.05, 0.1) is 45.2 Å². The standard InChI is InChI=1S/C18H25Cl5N2O4/c1-27-12-7-9(10(26)8-25-24)3-4-11(12)28-5-2-6-29-18-16(22)14(20)13(19)15(21)17(18)23/h8-9,11-18H,2-7H2,1H3. The van der Waals surface area contributed by atoms with E-state index in [-0.39, 0.29) is 23.9 Å². The second-order valence-corrected chi connectivity index (χ2v) is 9.77. The molecule has 166 valence electrons. The summed E-state index contributed by atoms with van der Waals surface area (Å²) in [6.45, 7) is 0.844. The molecular formula is C18H25Cl5N2O4. The number of hydrogen-bond donors (Lipinski definition) is 0. The minimum atomic E-state index is -0.536. The van der Waals surface area contributed by atoms with Crippen molar-refractivity contribution in [2.45, 2.75) is 70.9 Å². The zero-order valence-electron chi connectivity index (χ0n) is 15.9. The van der Waals surface area contributed by atoms with Crippen LogP contribution in [0.4, 0.5) is 0 Å². The van der Waals surface area contributed by atoms with Gasteiger partial charge in [-0.3, -0.25) is 4.79 Å². The first-order chi connectivity index (χ1) is 13.8. The van der Waals surface area contributed by atoms with Gasteiger partial charge in [-0.15, -0.1) is 58.0 Å². The number of halogens is 5. The van der Waals surface area contributed by atoms with Gasteiger partial charge >= 0.3 is 6.21 Å². The predicted octanol–water partition coefficient (Wildman–Crippen LogP) is 3.88. The van der Waals surface area contributed by atoms with Crippen LogP contribution in [0.5, 0.6) is 0 Å². The van der Waals surface area contributed by atoms with E-state index in [1.165, 1.54) is 0 Å². The highest BCUT2D eigenvalue weighted by Crippen LogP contribution is 2.39. The highest BCUT2D eigenvalue weighted by Gasteiger charge is 2.48. The maximum Gasteiger partial charge on any atom is 0.323 e. The Morgan fingerprint density at radius 2 is 1.55 bits per heavy atom. The molecule has 2 saturated carbocycles. The van der Waals surface area contributed by atoms with Crippen LogP contribution in [-0.4, -0.2) is 82.3 Å². The van der Waals surface area contributed by atoms with E-state index < -0.39 is 33.0 Å². The Morgan fingerprint density at radius 1 is 0.966 bits per heavy atom. The molecular weight excluding hydrogens is 485 g/mol. The molecule has 0 aromatic rings. The average molecular weight is 511 g/mol. The van der Waals surface area contributed by atoms with Crippen LogP contribution in [0.15, 0.2) is 0 Å². The maximum absolute atomic E-state index is 11.9. The summed E-state index contributed by atoms with van der Waals surface area (Å²) in [6.07, 6.45) is 2.63. The van der Waals surface area contributed by atoms with E-state index in [0.29, 0.717) is 38.9 Å². The molecule has 2 aliphatic rings. The lowest BCUT2D eigenvalue weighted by atomic mass is 9.83. The Balaban J connectivity index is 1.73. The summed E-state index contributed by atoms with van der Waals surface area (Å²) in [4.78, 5) is 14.7. The lowest BCUT2D eigenvalue weighted by Gasteiger charge is -2.40. The number of Topliss-reactive ketones (excluding diaryl/α,β-unsaturated/α-hetero) is 1. The van der Waals surface area contributed by atoms with Crippen molar-refractivity contribution in [1.82, 2.24) is 0 Å². The van der Waals surface area contributed by atoms with Gasteiger partial charge < -0.3 is 19.7 Å². The molecule has 0 radical (unpaired) electrons. The van der Waals surface area contributed by atoms with Gasteiger partial charge in [0, 0.05) is 26.2 Å². The van der Waals surface area contributed by atoms with Crippen LogP contribution in [0, 0.1) is 5.92 Å². The normalized spacial score (nSPS) is 40.3. The molecule has 0 N–H and O–H groups in total. The van der Waals surface area contributed by atoms with Crippen molar-refractivity contribution in [3.8, 4) is 0 Å². The number of hydrogen-bond acceptors (Lipinski definition) is 4. The molecule has 2 aliphatic carbocycles. The highest BCUT2D eigenvalue weighted by molar-refractivity contribution is 6.41. The largest absolute Gasteiger partial charge is 0.379 e. The number of ether oxygens (including phenoxy) is 3. The number of carbonyl (C=O) groups is 1. The highest BCUT2D eigenvalue weighted by atomic mass is 35.5. The molecule has 0 aromatic carbocycles. The molecule has 6 nitrogen and oxygen atoms in total. The lowest BCUT2D eigenvalue weighted by Crippen LogP contribution is -2.55. The lowest BCUT2D eigenvalue weighted by molar-refractivity contribution is -0.128. The SMILES string of the molecule is COC1CC(C(=O)C=[N+]=[N-])CCC1OCCCOC1C(Cl)C(Cl)C(Cl)C(Cl)C1Cl. The Morgan fingerprint density at radius 3 is 2.14 bits per heavy atom. The molecule has 0 amide bonds. The van der Waals surface area contributed by atoms with Crippen molar-refractivity contribution in [2.24, 2.45) is 5.92 Å². The molecule has 7 atom stereocenters. The average Bonchev–Trinajstić information content (AvgIpc) is 2.72. The van der Waals surface area contributed by atoms with Crippen molar-refractivity contribution < 1.29 is 23.8 Å². The third-order valence-electron chi connectivity index (χ3n) is 5.40. The molecule has 2 fully saturated rings. The van der Waals surface area contributed by atoms with E-state index in [0.717, 1.165) is 6.21 Å². The van der Waals surface area contributed by atoms with Crippen LogP contribution < -0.4 is 0 Å². The molecule has 0 bridgehead atoms. The quantitative estimate of drug-likeness (QED) is 0.155. The number of ketones is 1. The van der Waals surface area contributed by atoms with E-state index in [2.05, 4.69) is 4.79 Å². The predicted molar refractivity (Wildman–Crippen MR) is 115 cm³/mol. The van der Waals surface area contributed by atoms with Crippen molar-refractivity contribution in [1.29, 1.82) is 0 Å². The fourth-order valence-corrected chi connectivity index (χ4v) is 5.71. The summed E-state index contributed by atoms with van der Waals surface area (Å²) >= 11 is 31.3. The summed E-state index contributed by atoms with van der Waals surface area (Å²) < 4.78 is 17.3. The van der Waals surface area contributed by atoms with E-state index in [4.69, 9.17) is 77.7 Å². The number of alkyl halides is 5. The summed E-state index contributed by atoms with van der Waals surface area (Å²) in [5.41, 5.74) is 8.52. The number of carbonyl (C=O) groups excluding carboxylic acids is 1. The van der Waals surface area contributed by atoms with Crippen molar-refractivity contribution in [2.75, 3.05) is 20.3 Å². The van der Waals surface area contributed by atoms with E-state index >= 15 is 0 Å². The first-order valence-electron chi connectivity index (χ1n) is 9.49. The van der Waals surface area contributed by atoms with Gasteiger partial charge in [0.15, 0.2) is 0 Å². The number of methoxy groups -OCH3 is 1. The molecule has 0 spiro atoms. The van der Waals surface area contributed by atoms with Gasteiger partial charge in [0.1, 0.15) is 0 Å². The Kier molecular flexibility index (Phi) is 11.0. The summed E-state index contributed by atoms with van der Waals surface area (Å²) in [6, 6.07) is 0. The van der Waals surface area contributed by atoms with Gasteiger partial charge in [0.2, 0.25) is 5.78 Å². The molecule has 0 aliphatic heterocycles. The minimum absolute atomic E-state index is 0.109. The first-order valence-corrected chi connectivity index (χ1v) is 11.7. The topological polar surface area (TPSA) is 81.2 Å². The van der Waals surface area contributed by atoms with Crippen LogP contribution >= 0.6 is 58.0 Å². The number of nitrogens with zero attached hydrogens (tertiary/aromatic N) is 2. The summed E-state index contributed by atoms with van der Waals surface area (Å²) in [5, 5.41) is -2.67. The smallest absolute Gasteiger partial charge is 0.323 e. The second-order valence-electron chi connectivity index (χ2n) is 7.25. The Hall–Kier alpha value is 0.380. The van der Waals surface area contributed by atoms with Gasteiger partial charge in [-0.25, -0.2) is 0 Å². The van der Waals surface area contributed by atoms with Crippen molar-refractivity contribution >= 4 is 70.0 Å². The fraction of sp³-hybridized carbons (Fsp3) is 0.889. The first kappa shape index (κ1) is 25.6. The maximum atomic E-state index is 11.9. The van der Waals surface area contributed by atoms with Gasteiger partial charge in [-0.1, -0.05) is 0 Å². The van der Waals surface area contributed by atoms with Gasteiger partial charge in [0.25, 0.3) is 0 Å². The van der Waals surface area contributed by atoms with Crippen LogP contribution in [0.2, 0.25) is 0 Å². The molecule has 7 unspecified atom stereocenters. The third-order valence-corrected chi connectivity index (χ3v) is 8.58. The molecule has 2 rings (SSSR count). The monoisotopic (exact) mass is 508 g/mol. The minimum Gasteiger partial charge on any atom is -0.379 e. The summed E-state index contributed by atoms with van der Waals surface area (Å²) in [7, 11) is 1.59. The van der Waals surface area contributed by atoms with Crippen LogP contribution in [0.3, 0.4) is 0 Å².